The van der Waals surface area contributed by atoms with Crippen molar-refractivity contribution in [2.45, 2.75) is 38.8 Å². The Labute approximate surface area is 218 Å². The zero-order valence-electron chi connectivity index (χ0n) is 20.8. The highest BCUT2D eigenvalue weighted by Gasteiger charge is 2.21. The highest BCUT2D eigenvalue weighted by atomic mass is 16.8. The number of Topliss-reactive ketones (excluding diaryl/α,β-unsaturated/α-hetero) is 1. The molecule has 3 rings (SSSR count). The topological polar surface area (TPSA) is 154 Å². The second-order valence-electron chi connectivity index (χ2n) is 8.32. The van der Waals surface area contributed by atoms with Crippen LogP contribution >= 0.6 is 0 Å². The number of hydrogen-bond acceptors (Lipinski definition) is 9. The lowest BCUT2D eigenvalue weighted by molar-refractivity contribution is -0.153. The highest BCUT2D eigenvalue weighted by molar-refractivity contribution is 5.96. The number of ether oxygens (including phenoxy) is 3. The number of benzene rings is 2. The molecular formula is C27H27N3O8. The summed E-state index contributed by atoms with van der Waals surface area (Å²) in [6.07, 6.45) is -1.04. The largest absolute Gasteiger partial charge is 0.511 e. The molecule has 0 unspecified atom stereocenters. The van der Waals surface area contributed by atoms with E-state index in [1.807, 2.05) is 60.7 Å². The van der Waals surface area contributed by atoms with E-state index < -0.39 is 48.3 Å². The minimum absolute atomic E-state index is 0.275. The van der Waals surface area contributed by atoms with E-state index >= 15 is 0 Å². The summed E-state index contributed by atoms with van der Waals surface area (Å²) in [6.45, 7) is 2.59. The first-order chi connectivity index (χ1) is 18.2. The summed E-state index contributed by atoms with van der Waals surface area (Å²) in [7, 11) is 0. The van der Waals surface area contributed by atoms with Crippen LogP contribution in [-0.4, -0.2) is 46.7 Å². The molecule has 11 heteroatoms. The van der Waals surface area contributed by atoms with Crippen molar-refractivity contribution < 1.29 is 33.4 Å². The van der Waals surface area contributed by atoms with E-state index in [4.69, 9.17) is 9.47 Å². The third-order valence-corrected chi connectivity index (χ3v) is 5.13. The molecule has 11 nitrogen and oxygen atoms in total. The average Bonchev–Trinajstić information content (AvgIpc) is 2.90. The Morgan fingerprint density at radius 3 is 2.05 bits per heavy atom. The molecule has 2 aromatic carbocycles. The van der Waals surface area contributed by atoms with Crippen LogP contribution in [0.3, 0.4) is 0 Å². The molecule has 1 aromatic heterocycles. The Morgan fingerprint density at radius 2 is 1.50 bits per heavy atom. The molecule has 38 heavy (non-hydrogen) atoms. The van der Waals surface area contributed by atoms with Crippen molar-refractivity contribution >= 4 is 23.8 Å². The summed E-state index contributed by atoms with van der Waals surface area (Å²) in [5, 5.41) is 2.84. The number of aromatic amines is 1. The van der Waals surface area contributed by atoms with Crippen LogP contribution in [0.4, 0.5) is 4.79 Å². The van der Waals surface area contributed by atoms with Crippen LogP contribution in [0.15, 0.2) is 71.7 Å². The molecule has 0 saturated heterocycles. The average molecular weight is 522 g/mol. The van der Waals surface area contributed by atoms with Gasteiger partial charge in [-0.2, -0.15) is 0 Å². The molecule has 0 spiro atoms. The second kappa shape index (κ2) is 13.5. The summed E-state index contributed by atoms with van der Waals surface area (Å²) < 4.78 is 14.0. The number of carbonyl (C=O) groups is 4. The van der Waals surface area contributed by atoms with Gasteiger partial charge in [0.15, 0.2) is 11.6 Å². The van der Waals surface area contributed by atoms with Gasteiger partial charge in [0.05, 0.1) is 18.6 Å². The Morgan fingerprint density at radius 1 is 0.895 bits per heavy atom. The van der Waals surface area contributed by atoms with E-state index in [9.17, 15) is 24.0 Å². The second-order valence-corrected chi connectivity index (χ2v) is 8.32. The lowest BCUT2D eigenvalue weighted by atomic mass is 9.98. The maximum absolute atomic E-state index is 13.0. The zero-order valence-corrected chi connectivity index (χ0v) is 20.8. The maximum atomic E-state index is 13.0. The van der Waals surface area contributed by atoms with E-state index in [2.05, 4.69) is 20.0 Å². The molecule has 0 aliphatic carbocycles. The van der Waals surface area contributed by atoms with E-state index in [1.54, 1.807) is 13.8 Å². The van der Waals surface area contributed by atoms with Crippen molar-refractivity contribution in [3.8, 4) is 0 Å². The number of rotatable bonds is 11. The van der Waals surface area contributed by atoms with Gasteiger partial charge in [-0.3, -0.25) is 19.2 Å². The molecule has 0 fully saturated rings. The van der Waals surface area contributed by atoms with Crippen LogP contribution in [0.5, 0.6) is 0 Å². The molecule has 0 saturated carbocycles. The smallest absolute Gasteiger partial charge is 0.431 e. The molecular weight excluding hydrogens is 494 g/mol. The fourth-order valence-electron chi connectivity index (χ4n) is 3.33. The summed E-state index contributed by atoms with van der Waals surface area (Å²) in [5.74, 6) is -2.42. The standard InChI is InChI=1S/C27H27N3O8/c1-17(2)38-27(35)37-16-36-22(32)14-13-21(31)24-28-15-20(26(34)30-24)25(33)29-23(18-9-5-3-6-10-18)19-11-7-4-8-12-19/h3-12,15,17,23H,13-14,16H2,1-2H3,(H,29,33)(H,28,30,34). The number of ketones is 1. The van der Waals surface area contributed by atoms with Gasteiger partial charge in [0.25, 0.3) is 11.5 Å². The molecule has 198 valence electrons. The maximum Gasteiger partial charge on any atom is 0.511 e. The Bertz CT molecular complexity index is 1280. The number of H-pyrrole nitrogens is 1. The third-order valence-electron chi connectivity index (χ3n) is 5.13. The van der Waals surface area contributed by atoms with Crippen molar-refractivity contribution in [3.05, 3.63) is 99.7 Å². The normalized spacial score (nSPS) is 10.6. The van der Waals surface area contributed by atoms with Gasteiger partial charge in [0.1, 0.15) is 5.56 Å². The van der Waals surface area contributed by atoms with Crippen LogP contribution in [0.25, 0.3) is 0 Å². The summed E-state index contributed by atoms with van der Waals surface area (Å²) in [5.41, 5.74) is 0.554. The number of aromatic nitrogens is 2. The molecule has 0 radical (unpaired) electrons. The number of nitrogens with zero attached hydrogens (tertiary/aromatic N) is 1. The number of carbonyl (C=O) groups excluding carboxylic acids is 4. The first-order valence-corrected chi connectivity index (χ1v) is 11.8. The van der Waals surface area contributed by atoms with E-state index in [1.165, 1.54) is 0 Å². The number of hydrogen-bond donors (Lipinski definition) is 2. The summed E-state index contributed by atoms with van der Waals surface area (Å²) in [4.78, 5) is 67.2. The summed E-state index contributed by atoms with van der Waals surface area (Å²) in [6, 6.07) is 18.0. The molecule has 0 aliphatic rings. The molecule has 0 aliphatic heterocycles. The number of amides is 1. The van der Waals surface area contributed by atoms with Crippen molar-refractivity contribution in [2.75, 3.05) is 6.79 Å². The Kier molecular flexibility index (Phi) is 9.86. The van der Waals surface area contributed by atoms with Gasteiger partial charge in [-0.05, 0) is 25.0 Å². The predicted molar refractivity (Wildman–Crippen MR) is 134 cm³/mol. The quantitative estimate of drug-likeness (QED) is 0.220. The van der Waals surface area contributed by atoms with E-state index in [-0.39, 0.29) is 24.2 Å². The lowest BCUT2D eigenvalue weighted by Crippen LogP contribution is -2.34. The van der Waals surface area contributed by atoms with Gasteiger partial charge in [0, 0.05) is 12.6 Å². The third kappa shape index (κ3) is 8.12. The summed E-state index contributed by atoms with van der Waals surface area (Å²) >= 11 is 0. The first-order valence-electron chi connectivity index (χ1n) is 11.8. The van der Waals surface area contributed by atoms with E-state index in [0.717, 1.165) is 17.3 Å². The van der Waals surface area contributed by atoms with Crippen LogP contribution in [0.1, 0.15) is 64.8 Å². The predicted octanol–water partition coefficient (Wildman–Crippen LogP) is 3.31. The van der Waals surface area contributed by atoms with Gasteiger partial charge in [-0.15, -0.1) is 0 Å². The van der Waals surface area contributed by atoms with Gasteiger partial charge >= 0.3 is 12.1 Å². The SMILES string of the molecule is CC(C)OC(=O)OCOC(=O)CCC(=O)c1ncc(C(=O)NC(c2ccccc2)c2ccccc2)c(=O)[nH]1. The van der Waals surface area contributed by atoms with Crippen LogP contribution in [0, 0.1) is 0 Å². The Balaban J connectivity index is 1.59. The zero-order chi connectivity index (χ0) is 27.5. The van der Waals surface area contributed by atoms with Gasteiger partial charge < -0.3 is 24.5 Å². The molecule has 3 aromatic rings. The van der Waals surface area contributed by atoms with Crippen LogP contribution in [0.2, 0.25) is 0 Å². The van der Waals surface area contributed by atoms with Crippen molar-refractivity contribution in [3.63, 3.8) is 0 Å². The fourth-order valence-corrected chi connectivity index (χ4v) is 3.33. The number of esters is 1. The first kappa shape index (κ1) is 27.8. The number of nitrogens with one attached hydrogen (secondary N) is 2. The van der Waals surface area contributed by atoms with E-state index in [0.29, 0.717) is 0 Å². The van der Waals surface area contributed by atoms with Gasteiger partial charge in [-0.25, -0.2) is 9.78 Å². The van der Waals surface area contributed by atoms with Crippen molar-refractivity contribution in [1.82, 2.24) is 15.3 Å². The molecule has 1 heterocycles. The molecule has 0 bridgehead atoms. The van der Waals surface area contributed by atoms with Crippen LogP contribution < -0.4 is 10.9 Å². The minimum atomic E-state index is -0.992. The monoisotopic (exact) mass is 521 g/mol. The lowest BCUT2D eigenvalue weighted by Gasteiger charge is -2.19. The Hall–Kier alpha value is -4.80. The fraction of sp³-hybridized carbons (Fsp3) is 0.259. The van der Waals surface area contributed by atoms with Crippen molar-refractivity contribution in [1.29, 1.82) is 0 Å². The van der Waals surface area contributed by atoms with Gasteiger partial charge in [0.2, 0.25) is 6.79 Å². The van der Waals surface area contributed by atoms with Gasteiger partial charge in [-0.1, -0.05) is 60.7 Å². The molecule has 1 amide bonds. The molecule has 0 atom stereocenters. The highest BCUT2D eigenvalue weighted by Crippen LogP contribution is 2.22. The van der Waals surface area contributed by atoms with Crippen LogP contribution in [-0.2, 0) is 19.0 Å². The minimum Gasteiger partial charge on any atom is -0.431 e. The van der Waals surface area contributed by atoms with Crippen molar-refractivity contribution in [2.24, 2.45) is 0 Å². The molecule has 2 N–H and O–H groups in total.